The van der Waals surface area contributed by atoms with Crippen LogP contribution in [0.15, 0.2) is 12.4 Å². The van der Waals surface area contributed by atoms with E-state index in [9.17, 15) is 0 Å². The summed E-state index contributed by atoms with van der Waals surface area (Å²) in [7, 11) is 3.72. The molecule has 0 bridgehead atoms. The van der Waals surface area contributed by atoms with Crippen molar-refractivity contribution in [3.8, 4) is 0 Å². The number of aryl methyl sites for hydroxylation is 1. The van der Waals surface area contributed by atoms with Crippen LogP contribution in [0, 0.1) is 0 Å². The largest absolute Gasteiger partial charge is 0.275 e. The van der Waals surface area contributed by atoms with E-state index < -0.39 is 0 Å². The molecule has 0 spiro atoms. The minimum atomic E-state index is 0.744. The zero-order valence-electron chi connectivity index (χ0n) is 6.28. The maximum Gasteiger partial charge on any atom is 0.0535 e. The van der Waals surface area contributed by atoms with Crippen molar-refractivity contribution >= 4 is 0 Å². The van der Waals surface area contributed by atoms with Gasteiger partial charge in [0, 0.05) is 32.4 Å². The number of hydrogen-bond donors (Lipinski definition) is 1. The average Bonchev–Trinajstić information content (AvgIpc) is 2.13. The third kappa shape index (κ3) is 1.82. The van der Waals surface area contributed by atoms with Gasteiger partial charge in [0.1, 0.15) is 0 Å². The predicted molar refractivity (Wildman–Crippen MR) is 38.9 cm³/mol. The molecule has 1 rings (SSSR count). The maximum atomic E-state index is 5.43. The molecule has 4 heteroatoms. The van der Waals surface area contributed by atoms with Crippen LogP contribution in [0.25, 0.3) is 0 Å². The Labute approximate surface area is 60.2 Å². The Balaban J connectivity index is 2.58. The second-order valence-electron chi connectivity index (χ2n) is 2.44. The Bertz CT molecular complexity index is 203. The van der Waals surface area contributed by atoms with Crippen molar-refractivity contribution in [1.82, 2.24) is 14.8 Å². The zero-order chi connectivity index (χ0) is 7.56. The maximum absolute atomic E-state index is 5.43. The number of nitrogens with zero attached hydrogens (tertiary/aromatic N) is 3. The summed E-state index contributed by atoms with van der Waals surface area (Å²) in [4.78, 5) is 0. The molecular weight excluding hydrogens is 128 g/mol. The smallest absolute Gasteiger partial charge is 0.0535 e. The van der Waals surface area contributed by atoms with Gasteiger partial charge in [-0.2, -0.15) is 5.10 Å². The van der Waals surface area contributed by atoms with Crippen molar-refractivity contribution in [3.05, 3.63) is 18.0 Å². The van der Waals surface area contributed by atoms with E-state index in [1.165, 1.54) is 0 Å². The van der Waals surface area contributed by atoms with E-state index in [0.717, 1.165) is 12.1 Å². The quantitative estimate of drug-likeness (QED) is 0.454. The van der Waals surface area contributed by atoms with Gasteiger partial charge in [-0.25, -0.2) is 5.01 Å². The van der Waals surface area contributed by atoms with Crippen LogP contribution >= 0.6 is 0 Å². The van der Waals surface area contributed by atoms with Crippen LogP contribution in [0.3, 0.4) is 0 Å². The predicted octanol–water partition coefficient (Wildman–Crippen LogP) is -0.274. The summed E-state index contributed by atoms with van der Waals surface area (Å²) in [6, 6.07) is 0. The first-order valence-corrected chi connectivity index (χ1v) is 3.12. The summed E-state index contributed by atoms with van der Waals surface area (Å²) in [5, 5.41) is 5.63. The molecule has 0 fully saturated rings. The van der Waals surface area contributed by atoms with Gasteiger partial charge in [-0.05, 0) is 0 Å². The molecule has 0 saturated carbocycles. The molecule has 0 amide bonds. The second kappa shape index (κ2) is 2.81. The average molecular weight is 140 g/mol. The first-order valence-electron chi connectivity index (χ1n) is 3.12. The van der Waals surface area contributed by atoms with Crippen LogP contribution in [0.1, 0.15) is 5.56 Å². The second-order valence-corrected chi connectivity index (χ2v) is 2.44. The van der Waals surface area contributed by atoms with Gasteiger partial charge >= 0.3 is 0 Å². The summed E-state index contributed by atoms with van der Waals surface area (Å²) in [5.74, 6) is 5.43. The lowest BCUT2D eigenvalue weighted by molar-refractivity contribution is 0.341. The van der Waals surface area contributed by atoms with Crippen molar-refractivity contribution in [1.29, 1.82) is 0 Å². The molecule has 0 atom stereocenters. The first-order chi connectivity index (χ1) is 4.68. The molecule has 0 radical (unpaired) electrons. The zero-order valence-corrected chi connectivity index (χ0v) is 6.28. The lowest BCUT2D eigenvalue weighted by atomic mass is 10.4. The van der Waals surface area contributed by atoms with E-state index in [1.807, 2.05) is 26.5 Å². The van der Waals surface area contributed by atoms with Gasteiger partial charge < -0.3 is 0 Å². The Hall–Kier alpha value is -0.870. The van der Waals surface area contributed by atoms with Crippen molar-refractivity contribution in [3.63, 3.8) is 0 Å². The van der Waals surface area contributed by atoms with Gasteiger partial charge in [-0.15, -0.1) is 0 Å². The van der Waals surface area contributed by atoms with Crippen LogP contribution in [0.2, 0.25) is 0 Å². The molecule has 0 aliphatic carbocycles. The van der Waals surface area contributed by atoms with Gasteiger partial charge in [0.2, 0.25) is 0 Å². The highest BCUT2D eigenvalue weighted by Crippen LogP contribution is 1.96. The van der Waals surface area contributed by atoms with E-state index >= 15 is 0 Å². The number of aromatic nitrogens is 2. The fourth-order valence-corrected chi connectivity index (χ4v) is 0.842. The number of hydrazine groups is 1. The Kier molecular flexibility index (Phi) is 2.03. The summed E-state index contributed by atoms with van der Waals surface area (Å²) < 4.78 is 1.76. The Morgan fingerprint density at radius 2 is 2.50 bits per heavy atom. The molecule has 10 heavy (non-hydrogen) atoms. The molecule has 2 N–H and O–H groups in total. The minimum absolute atomic E-state index is 0.744. The Morgan fingerprint density at radius 1 is 1.80 bits per heavy atom. The Morgan fingerprint density at radius 3 is 2.90 bits per heavy atom. The van der Waals surface area contributed by atoms with E-state index in [0.29, 0.717) is 0 Å². The molecule has 56 valence electrons. The molecule has 4 nitrogen and oxygen atoms in total. The van der Waals surface area contributed by atoms with E-state index in [1.54, 1.807) is 9.69 Å². The summed E-state index contributed by atoms with van der Waals surface area (Å²) >= 11 is 0. The van der Waals surface area contributed by atoms with Crippen LogP contribution < -0.4 is 5.84 Å². The standard InChI is InChI=1S/C6H12N4/c1-9(7)4-6-3-8-10(2)5-6/h3,5H,4,7H2,1-2H3. The molecular formula is C6H12N4. The van der Waals surface area contributed by atoms with Gasteiger partial charge in [0.05, 0.1) is 6.20 Å². The topological polar surface area (TPSA) is 47.1 Å². The minimum Gasteiger partial charge on any atom is -0.275 e. The van der Waals surface area contributed by atoms with Crippen molar-refractivity contribution in [2.24, 2.45) is 12.9 Å². The molecule has 1 aromatic rings. The third-order valence-electron chi connectivity index (χ3n) is 1.19. The third-order valence-corrected chi connectivity index (χ3v) is 1.19. The van der Waals surface area contributed by atoms with Gasteiger partial charge in [0.15, 0.2) is 0 Å². The summed E-state index contributed by atoms with van der Waals surface area (Å²) in [6.07, 6.45) is 3.76. The van der Waals surface area contributed by atoms with Gasteiger partial charge in [-0.1, -0.05) is 0 Å². The van der Waals surface area contributed by atoms with E-state index in [-0.39, 0.29) is 0 Å². The van der Waals surface area contributed by atoms with Crippen LogP contribution in [-0.2, 0) is 13.6 Å². The monoisotopic (exact) mass is 140 g/mol. The van der Waals surface area contributed by atoms with Crippen LogP contribution in [0.4, 0.5) is 0 Å². The normalized spacial score (nSPS) is 10.8. The molecule has 0 unspecified atom stereocenters. The number of hydrogen-bond acceptors (Lipinski definition) is 3. The SMILES string of the molecule is CN(N)Cc1cnn(C)c1. The fraction of sp³-hybridized carbons (Fsp3) is 0.500. The fourth-order valence-electron chi connectivity index (χ4n) is 0.842. The van der Waals surface area contributed by atoms with Crippen molar-refractivity contribution in [2.75, 3.05) is 7.05 Å². The summed E-state index contributed by atoms with van der Waals surface area (Å²) in [5.41, 5.74) is 1.13. The molecule has 0 aliphatic heterocycles. The molecule has 0 aliphatic rings. The highest BCUT2D eigenvalue weighted by molar-refractivity contribution is 5.02. The lowest BCUT2D eigenvalue weighted by Crippen LogP contribution is -2.24. The summed E-state index contributed by atoms with van der Waals surface area (Å²) in [6.45, 7) is 0.744. The highest BCUT2D eigenvalue weighted by Gasteiger charge is 1.95. The first kappa shape index (κ1) is 7.24. The van der Waals surface area contributed by atoms with Crippen LogP contribution in [-0.4, -0.2) is 21.8 Å². The van der Waals surface area contributed by atoms with E-state index in [4.69, 9.17) is 5.84 Å². The molecule has 0 saturated heterocycles. The number of nitrogens with two attached hydrogens (primary N) is 1. The number of rotatable bonds is 2. The highest BCUT2D eigenvalue weighted by atomic mass is 15.4. The molecule has 1 heterocycles. The lowest BCUT2D eigenvalue weighted by Gasteiger charge is -2.05. The van der Waals surface area contributed by atoms with Gasteiger partial charge in [-0.3, -0.25) is 10.5 Å². The van der Waals surface area contributed by atoms with Gasteiger partial charge in [0.25, 0.3) is 0 Å². The van der Waals surface area contributed by atoms with Crippen molar-refractivity contribution < 1.29 is 0 Å². The molecule has 1 aromatic heterocycles. The van der Waals surface area contributed by atoms with E-state index in [2.05, 4.69) is 5.10 Å². The molecule has 0 aromatic carbocycles. The van der Waals surface area contributed by atoms with Crippen molar-refractivity contribution in [2.45, 2.75) is 6.54 Å². The van der Waals surface area contributed by atoms with Crippen LogP contribution in [0.5, 0.6) is 0 Å².